The van der Waals surface area contributed by atoms with Crippen LogP contribution in [0.1, 0.15) is 16.7 Å². The molecule has 4 nitrogen and oxygen atoms in total. The lowest BCUT2D eigenvalue weighted by atomic mass is 10.1. The highest BCUT2D eigenvalue weighted by Crippen LogP contribution is 2.35. The van der Waals surface area contributed by atoms with Gasteiger partial charge in [0.25, 0.3) is 0 Å². The average Bonchev–Trinajstić information content (AvgIpc) is 2.85. The summed E-state index contributed by atoms with van der Waals surface area (Å²) in [6, 6.07) is 12.4. The normalized spacial score (nSPS) is 11.5. The first-order valence-electron chi connectivity index (χ1n) is 7.37. The summed E-state index contributed by atoms with van der Waals surface area (Å²) in [4.78, 5) is 0. The molecule has 3 rings (SSSR count). The maximum atomic E-state index is 12.9. The van der Waals surface area contributed by atoms with Gasteiger partial charge in [-0.1, -0.05) is 12.1 Å². The minimum atomic E-state index is -4.48. The Kier molecular flexibility index (Phi) is 4.05. The highest BCUT2D eigenvalue weighted by atomic mass is 19.4. The maximum absolute atomic E-state index is 12.9. The Morgan fingerprint density at radius 3 is 2.40 bits per heavy atom. The van der Waals surface area contributed by atoms with Crippen molar-refractivity contribution < 1.29 is 17.9 Å². The fraction of sp³-hybridized carbons (Fsp3) is 0.167. The molecule has 0 unspecified atom stereocenters. The van der Waals surface area contributed by atoms with Gasteiger partial charge in [0.2, 0.25) is 0 Å². The van der Waals surface area contributed by atoms with Crippen molar-refractivity contribution in [2.75, 3.05) is 12.8 Å². The summed E-state index contributed by atoms with van der Waals surface area (Å²) >= 11 is 0. The van der Waals surface area contributed by atoms with Crippen molar-refractivity contribution in [3.8, 4) is 11.8 Å². The number of aromatic nitrogens is 1. The highest BCUT2D eigenvalue weighted by molar-refractivity contribution is 5.92. The predicted octanol–water partition coefficient (Wildman–Crippen LogP) is 4.17. The van der Waals surface area contributed by atoms with Crippen LogP contribution in [-0.2, 0) is 12.7 Å². The summed E-state index contributed by atoms with van der Waals surface area (Å²) in [6.07, 6.45) is -4.48. The molecular weight excluding hydrogens is 331 g/mol. The second kappa shape index (κ2) is 6.06. The van der Waals surface area contributed by atoms with Gasteiger partial charge >= 0.3 is 6.18 Å². The minimum Gasteiger partial charge on any atom is -0.497 e. The molecule has 0 aliphatic heterocycles. The highest BCUT2D eigenvalue weighted by Gasteiger charge is 2.31. The zero-order valence-corrected chi connectivity index (χ0v) is 13.3. The number of hydrogen-bond acceptors (Lipinski definition) is 3. The molecule has 0 aliphatic rings. The Morgan fingerprint density at radius 2 is 1.84 bits per heavy atom. The van der Waals surface area contributed by atoms with Crippen molar-refractivity contribution in [2.45, 2.75) is 12.7 Å². The number of alkyl halides is 3. The predicted molar refractivity (Wildman–Crippen MR) is 88.2 cm³/mol. The minimum absolute atomic E-state index is 0.0506. The molecule has 0 atom stereocenters. The molecule has 1 aromatic heterocycles. The Bertz CT molecular complexity index is 966. The fourth-order valence-corrected chi connectivity index (χ4v) is 2.75. The van der Waals surface area contributed by atoms with Gasteiger partial charge in [0.1, 0.15) is 23.2 Å². The lowest BCUT2D eigenvalue weighted by Crippen LogP contribution is -2.05. The summed E-state index contributed by atoms with van der Waals surface area (Å²) in [6.45, 7) is 0.333. The van der Waals surface area contributed by atoms with Crippen molar-refractivity contribution in [3.05, 3.63) is 59.2 Å². The molecule has 2 N–H and O–H groups in total. The number of fused-ring (bicyclic) bond motifs is 1. The van der Waals surface area contributed by atoms with Crippen LogP contribution in [0.4, 0.5) is 19.0 Å². The maximum Gasteiger partial charge on any atom is 0.416 e. The van der Waals surface area contributed by atoms with E-state index in [1.165, 1.54) is 6.07 Å². The quantitative estimate of drug-likeness (QED) is 0.775. The van der Waals surface area contributed by atoms with E-state index in [4.69, 9.17) is 10.5 Å². The summed E-state index contributed by atoms with van der Waals surface area (Å²) in [5, 5.41) is 9.51. The van der Waals surface area contributed by atoms with Gasteiger partial charge < -0.3 is 15.0 Å². The second-order valence-electron chi connectivity index (χ2n) is 5.54. The van der Waals surface area contributed by atoms with Gasteiger partial charge in [-0.15, -0.1) is 0 Å². The van der Waals surface area contributed by atoms with E-state index in [9.17, 15) is 18.4 Å². The van der Waals surface area contributed by atoms with Gasteiger partial charge in [-0.2, -0.15) is 18.4 Å². The number of rotatable bonds is 3. The third kappa shape index (κ3) is 2.98. The third-order valence-electron chi connectivity index (χ3n) is 4.04. The number of methoxy groups -OCH3 is 1. The summed E-state index contributed by atoms with van der Waals surface area (Å²) < 4.78 is 45.6. The fourth-order valence-electron chi connectivity index (χ4n) is 2.75. The first-order valence-corrected chi connectivity index (χ1v) is 7.37. The van der Waals surface area contributed by atoms with Gasteiger partial charge in [0.15, 0.2) is 0 Å². The van der Waals surface area contributed by atoms with Crippen LogP contribution in [0.2, 0.25) is 0 Å². The second-order valence-corrected chi connectivity index (χ2v) is 5.54. The standard InChI is InChI=1S/C18H14F3N3O/c1-25-13-5-2-11(3-6-13)10-24-16-7-4-12(18(19,20)21)8-14(16)15(9-22)17(24)23/h2-8H,10,23H2,1H3. The van der Waals surface area contributed by atoms with Crippen LogP contribution in [-0.4, -0.2) is 11.7 Å². The number of hydrogen-bond donors (Lipinski definition) is 1. The molecule has 0 fully saturated rings. The van der Waals surface area contributed by atoms with Crippen LogP contribution in [0, 0.1) is 11.3 Å². The number of nitrogen functional groups attached to an aromatic ring is 1. The molecule has 1 heterocycles. The Morgan fingerprint density at radius 1 is 1.16 bits per heavy atom. The van der Waals surface area contributed by atoms with Crippen molar-refractivity contribution in [1.29, 1.82) is 5.26 Å². The van der Waals surface area contributed by atoms with Gasteiger partial charge in [-0.3, -0.25) is 0 Å². The van der Waals surface area contributed by atoms with Gasteiger partial charge in [0, 0.05) is 11.9 Å². The summed E-state index contributed by atoms with van der Waals surface area (Å²) in [7, 11) is 1.56. The number of anilines is 1. The number of nitriles is 1. The number of nitrogens with zero attached hydrogens (tertiary/aromatic N) is 2. The van der Waals surface area contributed by atoms with Crippen LogP contribution in [0.5, 0.6) is 5.75 Å². The Balaban J connectivity index is 2.11. The Hall–Kier alpha value is -3.14. The third-order valence-corrected chi connectivity index (χ3v) is 4.04. The summed E-state index contributed by atoms with van der Waals surface area (Å²) in [5.74, 6) is 0.842. The molecule has 25 heavy (non-hydrogen) atoms. The molecular formula is C18H14F3N3O. The van der Waals surface area contributed by atoms with Crippen LogP contribution >= 0.6 is 0 Å². The van der Waals surface area contributed by atoms with Crippen LogP contribution in [0.15, 0.2) is 42.5 Å². The molecule has 0 aliphatic carbocycles. The van der Waals surface area contributed by atoms with E-state index >= 15 is 0 Å². The van der Waals surface area contributed by atoms with Gasteiger partial charge in [-0.05, 0) is 35.9 Å². The van der Waals surface area contributed by atoms with Crippen molar-refractivity contribution in [1.82, 2.24) is 4.57 Å². The number of benzene rings is 2. The summed E-state index contributed by atoms with van der Waals surface area (Å²) in [5.41, 5.74) is 6.63. The SMILES string of the molecule is COc1ccc(Cn2c(N)c(C#N)c3cc(C(F)(F)F)ccc32)cc1. The van der Waals surface area contributed by atoms with E-state index in [1.807, 2.05) is 18.2 Å². The first kappa shape index (κ1) is 16.7. The molecule has 2 aromatic carbocycles. The van der Waals surface area contributed by atoms with E-state index in [1.54, 1.807) is 23.8 Å². The molecule has 0 saturated heterocycles. The number of nitrogens with two attached hydrogens (primary N) is 1. The smallest absolute Gasteiger partial charge is 0.416 e. The van der Waals surface area contributed by atoms with Gasteiger partial charge in [-0.25, -0.2) is 0 Å². The van der Waals surface area contributed by atoms with Gasteiger partial charge in [0.05, 0.1) is 18.2 Å². The van der Waals surface area contributed by atoms with Crippen molar-refractivity contribution in [2.24, 2.45) is 0 Å². The number of halogens is 3. The van der Waals surface area contributed by atoms with E-state index in [0.717, 1.165) is 17.7 Å². The molecule has 0 bridgehead atoms. The van der Waals surface area contributed by atoms with Crippen LogP contribution in [0.3, 0.4) is 0 Å². The van der Waals surface area contributed by atoms with E-state index < -0.39 is 11.7 Å². The topological polar surface area (TPSA) is 64.0 Å². The van der Waals surface area contributed by atoms with Crippen LogP contribution < -0.4 is 10.5 Å². The van der Waals surface area contributed by atoms with E-state index in [-0.39, 0.29) is 16.8 Å². The number of ether oxygens (including phenoxy) is 1. The lowest BCUT2D eigenvalue weighted by molar-refractivity contribution is -0.137. The molecule has 128 valence electrons. The molecule has 0 amide bonds. The average molecular weight is 345 g/mol. The largest absolute Gasteiger partial charge is 0.497 e. The first-order chi connectivity index (χ1) is 11.8. The Labute approximate surface area is 141 Å². The molecule has 0 saturated carbocycles. The monoisotopic (exact) mass is 345 g/mol. The van der Waals surface area contributed by atoms with Crippen LogP contribution in [0.25, 0.3) is 10.9 Å². The van der Waals surface area contributed by atoms with Crippen molar-refractivity contribution in [3.63, 3.8) is 0 Å². The molecule has 0 spiro atoms. The molecule has 7 heteroatoms. The zero-order valence-electron chi connectivity index (χ0n) is 13.3. The van der Waals surface area contributed by atoms with Crippen molar-refractivity contribution >= 4 is 16.7 Å². The lowest BCUT2D eigenvalue weighted by Gasteiger charge is -2.10. The molecule has 3 aromatic rings. The zero-order chi connectivity index (χ0) is 18.2. The van der Waals surface area contributed by atoms with E-state index in [2.05, 4.69) is 0 Å². The molecule has 0 radical (unpaired) electrons. The van der Waals surface area contributed by atoms with E-state index in [0.29, 0.717) is 17.8 Å².